The summed E-state index contributed by atoms with van der Waals surface area (Å²) in [6.45, 7) is 3.25. The maximum Gasteiger partial charge on any atom is 0.262 e. The van der Waals surface area contributed by atoms with Crippen LogP contribution < -0.4 is 0 Å². The number of allylic oxidation sites excluding steroid dienone is 3. The number of aliphatic hydroxyl groups excluding tert-OH is 1. The van der Waals surface area contributed by atoms with Gasteiger partial charge in [0.25, 0.3) is 11.8 Å². The number of nitrogens with zero attached hydrogens (tertiary/aromatic N) is 1. The van der Waals surface area contributed by atoms with E-state index in [2.05, 4.69) is 0 Å². The first-order valence-corrected chi connectivity index (χ1v) is 6.92. The molecular formula is C17H17NO4. The van der Waals surface area contributed by atoms with E-state index in [-0.39, 0.29) is 0 Å². The van der Waals surface area contributed by atoms with Gasteiger partial charge in [-0.05, 0) is 32.1 Å². The van der Waals surface area contributed by atoms with Gasteiger partial charge in [0, 0.05) is 0 Å². The Morgan fingerprint density at radius 3 is 2.18 bits per heavy atom. The van der Waals surface area contributed by atoms with E-state index in [1.807, 2.05) is 0 Å². The number of hydrogen-bond acceptors (Lipinski definition) is 4. The van der Waals surface area contributed by atoms with Crippen LogP contribution in [0.3, 0.4) is 0 Å². The molecule has 1 N–H and O–H groups in total. The van der Waals surface area contributed by atoms with Gasteiger partial charge in [-0.1, -0.05) is 29.9 Å². The van der Waals surface area contributed by atoms with Crippen molar-refractivity contribution in [3.63, 3.8) is 0 Å². The molecule has 1 aliphatic heterocycles. The Bertz CT molecular complexity index is 638. The summed E-state index contributed by atoms with van der Waals surface area (Å²) in [7, 11) is 0. The summed E-state index contributed by atoms with van der Waals surface area (Å²) in [6.07, 6.45) is 4.18. The molecule has 0 aliphatic carbocycles. The second-order valence-corrected chi connectivity index (χ2v) is 5.16. The number of carbonyl (C=O) groups excluding carboxylic acids is 3. The number of fused-ring (bicyclic) bond motifs is 1. The zero-order valence-electron chi connectivity index (χ0n) is 12.4. The standard InChI is InChI=1S/C17H17NO4/c1-11(6-5-9-19)10-15(12(2)20)18-16(21)13-7-3-4-8-14(13)17(18)22/h3-10,12,15,20H,1-2H3/b6-5+,11-10-/t12-,15-/m1/s1. The van der Waals surface area contributed by atoms with Crippen molar-refractivity contribution in [2.24, 2.45) is 0 Å². The monoisotopic (exact) mass is 299 g/mol. The molecule has 114 valence electrons. The van der Waals surface area contributed by atoms with E-state index >= 15 is 0 Å². The molecule has 0 fully saturated rings. The number of aliphatic hydroxyl groups is 1. The molecule has 0 radical (unpaired) electrons. The smallest absolute Gasteiger partial charge is 0.262 e. The second-order valence-electron chi connectivity index (χ2n) is 5.16. The van der Waals surface area contributed by atoms with E-state index < -0.39 is 24.0 Å². The molecular weight excluding hydrogens is 282 g/mol. The summed E-state index contributed by atoms with van der Waals surface area (Å²) in [4.78, 5) is 36.3. The number of aldehydes is 1. The lowest BCUT2D eigenvalue weighted by Crippen LogP contribution is -2.44. The summed E-state index contributed by atoms with van der Waals surface area (Å²) in [6, 6.07) is 5.79. The zero-order valence-corrected chi connectivity index (χ0v) is 12.4. The first-order chi connectivity index (χ1) is 10.5. The highest BCUT2D eigenvalue weighted by atomic mass is 16.3. The van der Waals surface area contributed by atoms with E-state index in [4.69, 9.17) is 0 Å². The first-order valence-electron chi connectivity index (χ1n) is 6.92. The Kier molecular flexibility index (Phi) is 4.68. The van der Waals surface area contributed by atoms with Crippen LogP contribution in [0.5, 0.6) is 0 Å². The molecule has 22 heavy (non-hydrogen) atoms. The van der Waals surface area contributed by atoms with Crippen LogP contribution in [-0.2, 0) is 4.79 Å². The van der Waals surface area contributed by atoms with Crippen molar-refractivity contribution >= 4 is 18.1 Å². The molecule has 2 rings (SSSR count). The van der Waals surface area contributed by atoms with Gasteiger partial charge in [-0.2, -0.15) is 0 Å². The number of carbonyl (C=O) groups is 3. The zero-order chi connectivity index (χ0) is 16.3. The average molecular weight is 299 g/mol. The first kappa shape index (κ1) is 15.9. The number of imide groups is 1. The molecule has 2 atom stereocenters. The van der Waals surface area contributed by atoms with Crippen molar-refractivity contribution in [3.05, 3.63) is 59.2 Å². The third-order valence-electron chi connectivity index (χ3n) is 3.49. The Morgan fingerprint density at radius 2 is 1.73 bits per heavy atom. The topological polar surface area (TPSA) is 74.7 Å². The van der Waals surface area contributed by atoms with Gasteiger partial charge in [-0.15, -0.1) is 0 Å². The van der Waals surface area contributed by atoms with E-state index in [0.29, 0.717) is 23.0 Å². The van der Waals surface area contributed by atoms with Crippen LogP contribution in [0.1, 0.15) is 34.6 Å². The molecule has 0 unspecified atom stereocenters. The van der Waals surface area contributed by atoms with Crippen molar-refractivity contribution in [2.45, 2.75) is 26.0 Å². The molecule has 1 aromatic carbocycles. The van der Waals surface area contributed by atoms with Crippen LogP contribution in [0.15, 0.2) is 48.1 Å². The number of hydrogen-bond donors (Lipinski definition) is 1. The molecule has 0 saturated heterocycles. The van der Waals surface area contributed by atoms with E-state index in [9.17, 15) is 19.5 Å². The Hall–Kier alpha value is -2.53. The molecule has 0 spiro atoms. The molecule has 0 saturated carbocycles. The van der Waals surface area contributed by atoms with E-state index in [0.717, 1.165) is 4.90 Å². The highest BCUT2D eigenvalue weighted by molar-refractivity contribution is 6.21. The van der Waals surface area contributed by atoms with Gasteiger partial charge in [0.15, 0.2) is 0 Å². The minimum Gasteiger partial charge on any atom is -0.391 e. The van der Waals surface area contributed by atoms with Crippen molar-refractivity contribution in [1.82, 2.24) is 4.90 Å². The van der Waals surface area contributed by atoms with Gasteiger partial charge in [-0.25, -0.2) is 0 Å². The van der Waals surface area contributed by atoms with Crippen LogP contribution in [0.25, 0.3) is 0 Å². The molecule has 1 aromatic rings. The minimum absolute atomic E-state index is 0.340. The van der Waals surface area contributed by atoms with Gasteiger partial charge in [0.2, 0.25) is 0 Å². The summed E-state index contributed by atoms with van der Waals surface area (Å²) >= 11 is 0. The quantitative estimate of drug-likeness (QED) is 0.389. The minimum atomic E-state index is -0.929. The molecule has 5 nitrogen and oxygen atoms in total. The second kappa shape index (κ2) is 6.49. The summed E-state index contributed by atoms with van der Waals surface area (Å²) in [5, 5.41) is 9.98. The van der Waals surface area contributed by atoms with Gasteiger partial charge < -0.3 is 5.11 Å². The summed E-state index contributed by atoms with van der Waals surface area (Å²) < 4.78 is 0. The number of rotatable bonds is 5. The normalized spacial score (nSPS) is 17.8. The van der Waals surface area contributed by atoms with Crippen LogP contribution in [0.4, 0.5) is 0 Å². The molecule has 1 heterocycles. The van der Waals surface area contributed by atoms with Crippen LogP contribution in [-0.4, -0.2) is 40.3 Å². The highest BCUT2D eigenvalue weighted by Crippen LogP contribution is 2.26. The number of amides is 2. The average Bonchev–Trinajstić information content (AvgIpc) is 2.75. The Labute approximate surface area is 128 Å². The Balaban J connectivity index is 2.39. The third-order valence-corrected chi connectivity index (χ3v) is 3.49. The van der Waals surface area contributed by atoms with Crippen molar-refractivity contribution in [2.75, 3.05) is 0 Å². The lowest BCUT2D eigenvalue weighted by Gasteiger charge is -2.26. The third kappa shape index (κ3) is 2.89. The maximum atomic E-state index is 12.4. The molecule has 0 aromatic heterocycles. The van der Waals surface area contributed by atoms with Crippen molar-refractivity contribution < 1.29 is 19.5 Å². The van der Waals surface area contributed by atoms with Crippen molar-refractivity contribution in [1.29, 1.82) is 0 Å². The fourth-order valence-corrected chi connectivity index (χ4v) is 2.42. The molecule has 2 amide bonds. The van der Waals surface area contributed by atoms with Crippen LogP contribution in [0.2, 0.25) is 0 Å². The predicted molar refractivity (Wildman–Crippen MR) is 81.4 cm³/mol. The molecule has 1 aliphatic rings. The van der Waals surface area contributed by atoms with E-state index in [1.54, 1.807) is 43.3 Å². The van der Waals surface area contributed by atoms with Gasteiger partial charge in [0.1, 0.15) is 6.29 Å². The Morgan fingerprint density at radius 1 is 1.18 bits per heavy atom. The fourth-order valence-electron chi connectivity index (χ4n) is 2.42. The predicted octanol–water partition coefficient (Wildman–Crippen LogP) is 1.73. The number of benzene rings is 1. The highest BCUT2D eigenvalue weighted by Gasteiger charge is 2.40. The molecule has 5 heteroatoms. The van der Waals surface area contributed by atoms with E-state index in [1.165, 1.54) is 13.0 Å². The van der Waals surface area contributed by atoms with Crippen LogP contribution >= 0.6 is 0 Å². The largest absolute Gasteiger partial charge is 0.391 e. The van der Waals surface area contributed by atoms with Gasteiger partial charge >= 0.3 is 0 Å². The maximum absolute atomic E-state index is 12.4. The van der Waals surface area contributed by atoms with Crippen LogP contribution in [0, 0.1) is 0 Å². The lowest BCUT2D eigenvalue weighted by molar-refractivity contribution is -0.104. The van der Waals surface area contributed by atoms with Crippen molar-refractivity contribution in [3.8, 4) is 0 Å². The van der Waals surface area contributed by atoms with Gasteiger partial charge in [0.05, 0.1) is 23.3 Å². The SMILES string of the molecule is CC(=C/[C@H]([C@@H](C)O)N1C(=O)c2ccccc2C1=O)/C=C/C=O. The fraction of sp³-hybridized carbons (Fsp3) is 0.235. The summed E-state index contributed by atoms with van der Waals surface area (Å²) in [5.74, 6) is -0.843. The van der Waals surface area contributed by atoms with Gasteiger partial charge in [-0.3, -0.25) is 19.3 Å². The lowest BCUT2D eigenvalue weighted by atomic mass is 10.1. The summed E-state index contributed by atoms with van der Waals surface area (Å²) in [5.41, 5.74) is 1.36. The molecule has 0 bridgehead atoms.